The lowest BCUT2D eigenvalue weighted by Gasteiger charge is -2.27. The second-order valence-electron chi connectivity index (χ2n) is 6.37. The van der Waals surface area contributed by atoms with Crippen molar-refractivity contribution in [3.05, 3.63) is 66.0 Å². The molecule has 0 fully saturated rings. The maximum atomic E-state index is 13.2. The molecule has 3 unspecified atom stereocenters. The van der Waals surface area contributed by atoms with Crippen LogP contribution in [0.2, 0.25) is 0 Å². The molecular formula is C19H21FNO6P. The molecule has 3 atom stereocenters. The molecule has 0 amide bonds. The largest absolute Gasteiger partial charge is 0.481 e. The van der Waals surface area contributed by atoms with Gasteiger partial charge in [0.15, 0.2) is 0 Å². The van der Waals surface area contributed by atoms with Crippen LogP contribution in [0.4, 0.5) is 10.1 Å². The first-order valence-corrected chi connectivity index (χ1v) is 10.4. The Balaban J connectivity index is 2.31. The minimum absolute atomic E-state index is 0.257. The molecule has 7 nitrogen and oxygen atoms in total. The lowest BCUT2D eigenvalue weighted by molar-refractivity contribution is -0.142. The summed E-state index contributed by atoms with van der Waals surface area (Å²) in [6.07, 6.45) is -1.27. The van der Waals surface area contributed by atoms with Crippen LogP contribution in [0.5, 0.6) is 0 Å². The zero-order valence-corrected chi connectivity index (χ0v) is 15.8. The van der Waals surface area contributed by atoms with Crippen LogP contribution >= 0.6 is 7.37 Å². The predicted octanol–water partition coefficient (Wildman–Crippen LogP) is 3.77. The monoisotopic (exact) mass is 409 g/mol. The number of aliphatic carboxylic acids is 2. The molecule has 0 radical (unpaired) electrons. The van der Waals surface area contributed by atoms with Crippen LogP contribution in [0.25, 0.3) is 0 Å². The first-order chi connectivity index (χ1) is 13.2. The number of carboxylic acid groups (broad SMARTS) is 2. The molecule has 0 aromatic heterocycles. The molecule has 0 aliphatic heterocycles. The number of hydrogen-bond acceptors (Lipinski definition) is 4. The maximum absolute atomic E-state index is 13.2. The highest BCUT2D eigenvalue weighted by atomic mass is 31.2. The van der Waals surface area contributed by atoms with Crippen molar-refractivity contribution < 1.29 is 33.7 Å². The summed E-state index contributed by atoms with van der Waals surface area (Å²) in [5.41, 5.74) is 0.849. The molecule has 28 heavy (non-hydrogen) atoms. The van der Waals surface area contributed by atoms with Gasteiger partial charge in [-0.3, -0.25) is 14.2 Å². The molecule has 4 N–H and O–H groups in total. The van der Waals surface area contributed by atoms with Crippen LogP contribution in [-0.4, -0.2) is 33.2 Å². The summed E-state index contributed by atoms with van der Waals surface area (Å²) < 4.78 is 26.3. The number of hydrogen-bond donors (Lipinski definition) is 4. The van der Waals surface area contributed by atoms with E-state index in [1.165, 1.54) is 24.3 Å². The molecule has 2 aromatic carbocycles. The second kappa shape index (κ2) is 9.48. The van der Waals surface area contributed by atoms with Crippen molar-refractivity contribution in [2.75, 3.05) is 11.5 Å². The first-order valence-electron chi connectivity index (χ1n) is 8.52. The van der Waals surface area contributed by atoms with Crippen molar-refractivity contribution in [2.45, 2.75) is 18.6 Å². The summed E-state index contributed by atoms with van der Waals surface area (Å²) in [5.74, 6) is -5.39. The van der Waals surface area contributed by atoms with Crippen molar-refractivity contribution in [3.8, 4) is 0 Å². The lowest BCUT2D eigenvalue weighted by atomic mass is 10.1. The van der Waals surface area contributed by atoms with Crippen LogP contribution in [-0.2, 0) is 14.2 Å². The van der Waals surface area contributed by atoms with Crippen molar-refractivity contribution in [1.82, 2.24) is 0 Å². The average Bonchev–Trinajstić information content (AvgIpc) is 2.64. The number of nitrogens with one attached hydrogen (secondary N) is 1. The summed E-state index contributed by atoms with van der Waals surface area (Å²) >= 11 is 0. The summed E-state index contributed by atoms with van der Waals surface area (Å²) in [6, 6.07) is 13.5. The van der Waals surface area contributed by atoms with Gasteiger partial charge in [-0.1, -0.05) is 30.3 Å². The van der Waals surface area contributed by atoms with Crippen molar-refractivity contribution in [2.24, 2.45) is 5.92 Å². The quantitative estimate of drug-likeness (QED) is 0.440. The molecule has 2 rings (SSSR count). The number of rotatable bonds is 10. The zero-order valence-electron chi connectivity index (χ0n) is 14.9. The summed E-state index contributed by atoms with van der Waals surface area (Å²) in [4.78, 5) is 32.9. The second-order valence-corrected chi connectivity index (χ2v) is 8.76. The molecule has 0 heterocycles. The number of carbonyl (C=O) groups is 2. The van der Waals surface area contributed by atoms with Gasteiger partial charge in [0.05, 0.1) is 5.92 Å². The average molecular weight is 409 g/mol. The van der Waals surface area contributed by atoms with Crippen molar-refractivity contribution >= 4 is 25.0 Å². The van der Waals surface area contributed by atoms with E-state index in [1.54, 1.807) is 30.3 Å². The third kappa shape index (κ3) is 6.18. The van der Waals surface area contributed by atoms with E-state index >= 15 is 0 Å². The molecule has 150 valence electrons. The molecule has 2 aromatic rings. The Morgan fingerprint density at radius 2 is 1.64 bits per heavy atom. The number of anilines is 1. The van der Waals surface area contributed by atoms with Crippen LogP contribution in [0.3, 0.4) is 0 Å². The Morgan fingerprint density at radius 1 is 1.04 bits per heavy atom. The van der Waals surface area contributed by atoms with Gasteiger partial charge >= 0.3 is 11.9 Å². The van der Waals surface area contributed by atoms with Crippen LogP contribution in [0.15, 0.2) is 54.6 Å². The SMILES string of the molecule is O=C(O)CCC(CP(=O)(O)C(Nc1ccc(F)cc1)c1ccccc1)C(=O)O. The number of halogens is 1. The van der Waals surface area contributed by atoms with Crippen LogP contribution in [0, 0.1) is 11.7 Å². The maximum Gasteiger partial charge on any atom is 0.307 e. The molecular weight excluding hydrogens is 388 g/mol. The Bertz CT molecular complexity index is 858. The highest BCUT2D eigenvalue weighted by Gasteiger charge is 2.37. The van der Waals surface area contributed by atoms with E-state index in [1.807, 2.05) is 0 Å². The van der Waals surface area contributed by atoms with Gasteiger partial charge in [-0.05, 0) is 36.2 Å². The molecule has 0 saturated heterocycles. The topological polar surface area (TPSA) is 124 Å². The zero-order chi connectivity index (χ0) is 20.7. The molecule has 0 bridgehead atoms. The normalized spacial score (nSPS) is 15.2. The van der Waals surface area contributed by atoms with Crippen LogP contribution in [0.1, 0.15) is 24.2 Å². The summed E-state index contributed by atoms with van der Waals surface area (Å²) in [7, 11) is -4.15. The fraction of sp³-hybridized carbons (Fsp3) is 0.263. The highest BCUT2D eigenvalue weighted by Crippen LogP contribution is 2.57. The first kappa shape index (κ1) is 21.6. The third-order valence-corrected chi connectivity index (χ3v) is 6.40. The minimum Gasteiger partial charge on any atom is -0.481 e. The molecule has 0 aliphatic rings. The van der Waals surface area contributed by atoms with E-state index in [-0.39, 0.29) is 6.42 Å². The van der Waals surface area contributed by atoms with Crippen molar-refractivity contribution in [3.63, 3.8) is 0 Å². The van der Waals surface area contributed by atoms with Gasteiger partial charge in [-0.15, -0.1) is 0 Å². The number of benzene rings is 2. The van der Waals surface area contributed by atoms with Gasteiger partial charge in [-0.25, -0.2) is 4.39 Å². The standard InChI is InChI=1S/C19H21FNO6P/c20-15-7-9-16(10-8-15)21-18(13-4-2-1-3-5-13)28(26,27)12-14(19(24)25)6-11-17(22)23/h1-5,7-10,14,18,21H,6,11-12H2,(H,22,23)(H,24,25)(H,26,27). The highest BCUT2D eigenvalue weighted by molar-refractivity contribution is 7.58. The fourth-order valence-electron chi connectivity index (χ4n) is 2.77. The Labute approximate surface area is 161 Å². The predicted molar refractivity (Wildman–Crippen MR) is 102 cm³/mol. The van der Waals surface area contributed by atoms with Gasteiger partial charge in [0, 0.05) is 18.3 Å². The molecule has 9 heteroatoms. The van der Waals surface area contributed by atoms with E-state index in [0.29, 0.717) is 11.3 Å². The summed E-state index contributed by atoms with van der Waals surface area (Å²) in [5, 5.41) is 21.0. The fourth-order valence-corrected chi connectivity index (χ4v) is 4.94. The van der Waals surface area contributed by atoms with E-state index in [4.69, 9.17) is 5.11 Å². The van der Waals surface area contributed by atoms with E-state index < -0.39 is 49.4 Å². The van der Waals surface area contributed by atoms with Crippen molar-refractivity contribution in [1.29, 1.82) is 0 Å². The van der Waals surface area contributed by atoms with Gasteiger partial charge in [0.1, 0.15) is 11.6 Å². The van der Waals surface area contributed by atoms with Crippen LogP contribution < -0.4 is 5.32 Å². The minimum atomic E-state index is -4.15. The van der Waals surface area contributed by atoms with Gasteiger partial charge in [-0.2, -0.15) is 0 Å². The Hall–Kier alpha value is -2.70. The van der Waals surface area contributed by atoms with Gasteiger partial charge in [0.2, 0.25) is 7.37 Å². The van der Waals surface area contributed by atoms with Gasteiger partial charge < -0.3 is 20.4 Å². The van der Waals surface area contributed by atoms with E-state index in [0.717, 1.165) is 0 Å². The number of carboxylic acids is 2. The molecule has 0 aliphatic carbocycles. The Morgan fingerprint density at radius 3 is 2.18 bits per heavy atom. The molecule has 0 spiro atoms. The smallest absolute Gasteiger partial charge is 0.307 e. The van der Waals surface area contributed by atoms with Gasteiger partial charge in [0.25, 0.3) is 0 Å². The van der Waals surface area contributed by atoms with E-state index in [2.05, 4.69) is 5.32 Å². The third-order valence-electron chi connectivity index (χ3n) is 4.20. The summed E-state index contributed by atoms with van der Waals surface area (Å²) in [6.45, 7) is 0. The molecule has 0 saturated carbocycles. The Kier molecular flexibility index (Phi) is 7.31. The lowest BCUT2D eigenvalue weighted by Crippen LogP contribution is -2.23. The van der Waals surface area contributed by atoms with E-state index in [9.17, 15) is 28.5 Å².